The molecule has 23 heavy (non-hydrogen) atoms. The van der Waals surface area contributed by atoms with E-state index >= 15 is 0 Å². The minimum atomic E-state index is -0.839. The van der Waals surface area contributed by atoms with Crippen LogP contribution in [-0.4, -0.2) is 24.6 Å². The van der Waals surface area contributed by atoms with Gasteiger partial charge in [0.05, 0.1) is 12.2 Å². The molecule has 2 aromatic carbocycles. The van der Waals surface area contributed by atoms with Crippen molar-refractivity contribution in [2.75, 3.05) is 6.61 Å². The fourth-order valence-electron chi connectivity index (χ4n) is 2.65. The van der Waals surface area contributed by atoms with Gasteiger partial charge in [0.1, 0.15) is 0 Å². The highest BCUT2D eigenvalue weighted by Gasteiger charge is 2.31. The zero-order valence-corrected chi connectivity index (χ0v) is 12.7. The van der Waals surface area contributed by atoms with E-state index < -0.39 is 18.0 Å². The highest BCUT2D eigenvalue weighted by atomic mass is 16.6. The molecule has 1 aliphatic heterocycles. The van der Waals surface area contributed by atoms with Crippen LogP contribution in [0.15, 0.2) is 54.6 Å². The van der Waals surface area contributed by atoms with Crippen LogP contribution in [0.4, 0.5) is 0 Å². The van der Waals surface area contributed by atoms with Gasteiger partial charge in [-0.15, -0.1) is 0 Å². The summed E-state index contributed by atoms with van der Waals surface area (Å²) in [5.41, 5.74) is 2.57. The van der Waals surface area contributed by atoms with Crippen LogP contribution in [0, 0.1) is 0 Å². The van der Waals surface area contributed by atoms with Gasteiger partial charge in [0.25, 0.3) is 0 Å². The van der Waals surface area contributed by atoms with Crippen LogP contribution in [0.1, 0.15) is 27.9 Å². The Hall–Kier alpha value is -2.62. The molecule has 118 valence electrons. The van der Waals surface area contributed by atoms with Gasteiger partial charge >= 0.3 is 11.9 Å². The molecule has 0 bridgehead atoms. The van der Waals surface area contributed by atoms with E-state index in [9.17, 15) is 9.59 Å². The first kappa shape index (κ1) is 15.3. The summed E-state index contributed by atoms with van der Waals surface area (Å²) >= 11 is 0. The zero-order chi connectivity index (χ0) is 16.1. The van der Waals surface area contributed by atoms with Crippen molar-refractivity contribution in [2.24, 2.45) is 0 Å². The Kier molecular flexibility index (Phi) is 4.71. The number of carbonyl (C=O) groups excluding carboxylic acids is 2. The second kappa shape index (κ2) is 7.09. The van der Waals surface area contributed by atoms with E-state index in [0.717, 1.165) is 18.4 Å². The molecule has 0 radical (unpaired) electrons. The predicted octanol–water partition coefficient (Wildman–Crippen LogP) is 2.94. The summed E-state index contributed by atoms with van der Waals surface area (Å²) in [5.74, 6) is -0.931. The maximum atomic E-state index is 12.1. The number of ether oxygens (including phenoxy) is 2. The molecular formula is C19H18O4. The average Bonchev–Trinajstić information content (AvgIpc) is 2.59. The zero-order valence-electron chi connectivity index (χ0n) is 12.7. The number of benzene rings is 2. The summed E-state index contributed by atoms with van der Waals surface area (Å²) < 4.78 is 10.4. The molecule has 4 nitrogen and oxygen atoms in total. The van der Waals surface area contributed by atoms with Gasteiger partial charge in [-0.05, 0) is 30.0 Å². The van der Waals surface area contributed by atoms with Crippen molar-refractivity contribution >= 4 is 11.9 Å². The van der Waals surface area contributed by atoms with Crippen LogP contribution in [0.25, 0.3) is 0 Å². The van der Waals surface area contributed by atoms with E-state index in [-0.39, 0.29) is 0 Å². The average molecular weight is 310 g/mol. The quantitative estimate of drug-likeness (QED) is 0.629. The molecule has 0 spiro atoms. The minimum absolute atomic E-state index is 0.323. The van der Waals surface area contributed by atoms with Gasteiger partial charge in [-0.1, -0.05) is 48.5 Å². The molecular weight excluding hydrogens is 292 g/mol. The van der Waals surface area contributed by atoms with Gasteiger partial charge in [0, 0.05) is 6.42 Å². The summed E-state index contributed by atoms with van der Waals surface area (Å²) in [6.45, 7) is 0.323. The van der Waals surface area contributed by atoms with Crippen LogP contribution in [0.5, 0.6) is 0 Å². The first-order valence-corrected chi connectivity index (χ1v) is 7.73. The first-order chi connectivity index (χ1) is 11.2. The molecule has 1 unspecified atom stereocenters. The van der Waals surface area contributed by atoms with Crippen LogP contribution < -0.4 is 0 Å². The molecule has 1 atom stereocenters. The Bertz CT molecular complexity index is 694. The standard InChI is InChI=1S/C19H18O4/c20-18-16-11-5-4-10-15(16)13-17(23-18)19(21)22-12-6-9-14-7-2-1-3-8-14/h1-5,7-8,10-11,17H,6,9,12-13H2. The van der Waals surface area contributed by atoms with Crippen molar-refractivity contribution in [1.29, 1.82) is 0 Å². The van der Waals surface area contributed by atoms with Crippen molar-refractivity contribution in [3.8, 4) is 0 Å². The SMILES string of the molecule is O=C1OC(C(=O)OCCCc2ccccc2)Cc2ccccc21. The van der Waals surface area contributed by atoms with Crippen LogP contribution >= 0.6 is 0 Å². The van der Waals surface area contributed by atoms with Gasteiger partial charge in [0.15, 0.2) is 0 Å². The maximum Gasteiger partial charge on any atom is 0.347 e. The van der Waals surface area contributed by atoms with Crippen LogP contribution in [0.2, 0.25) is 0 Å². The lowest BCUT2D eigenvalue weighted by Crippen LogP contribution is -2.35. The van der Waals surface area contributed by atoms with Crippen molar-refractivity contribution in [2.45, 2.75) is 25.4 Å². The van der Waals surface area contributed by atoms with E-state index in [1.807, 2.05) is 42.5 Å². The van der Waals surface area contributed by atoms with E-state index in [1.54, 1.807) is 12.1 Å². The Morgan fingerprint density at radius 3 is 2.65 bits per heavy atom. The fourth-order valence-corrected chi connectivity index (χ4v) is 2.65. The number of aryl methyl sites for hydroxylation is 1. The van der Waals surface area contributed by atoms with Gasteiger partial charge in [0.2, 0.25) is 6.10 Å². The second-order valence-electron chi connectivity index (χ2n) is 5.51. The smallest absolute Gasteiger partial charge is 0.347 e. The molecule has 0 amide bonds. The third-order valence-corrected chi connectivity index (χ3v) is 3.85. The van der Waals surface area contributed by atoms with E-state index in [0.29, 0.717) is 18.6 Å². The summed E-state index contributed by atoms with van der Waals surface area (Å²) in [4.78, 5) is 24.0. The Balaban J connectivity index is 1.49. The molecule has 1 heterocycles. The third kappa shape index (κ3) is 3.77. The van der Waals surface area contributed by atoms with Gasteiger partial charge in [-0.3, -0.25) is 0 Å². The monoisotopic (exact) mass is 310 g/mol. The van der Waals surface area contributed by atoms with Crippen molar-refractivity contribution in [3.05, 3.63) is 71.3 Å². The molecule has 0 fully saturated rings. The topological polar surface area (TPSA) is 52.6 Å². The lowest BCUT2D eigenvalue weighted by atomic mass is 9.99. The molecule has 0 saturated carbocycles. The van der Waals surface area contributed by atoms with Gasteiger partial charge in [-0.25, -0.2) is 9.59 Å². The third-order valence-electron chi connectivity index (χ3n) is 3.85. The lowest BCUT2D eigenvalue weighted by Gasteiger charge is -2.23. The van der Waals surface area contributed by atoms with E-state index in [2.05, 4.69) is 0 Å². The van der Waals surface area contributed by atoms with E-state index in [1.165, 1.54) is 5.56 Å². The highest BCUT2D eigenvalue weighted by Crippen LogP contribution is 2.21. The van der Waals surface area contributed by atoms with Crippen molar-refractivity contribution in [3.63, 3.8) is 0 Å². The number of carbonyl (C=O) groups is 2. The summed E-state index contributed by atoms with van der Waals surface area (Å²) in [5, 5.41) is 0. The number of esters is 2. The normalized spacial score (nSPS) is 16.3. The molecule has 1 aliphatic rings. The molecule has 3 rings (SSSR count). The number of hydrogen-bond acceptors (Lipinski definition) is 4. The van der Waals surface area contributed by atoms with Crippen LogP contribution in [0.3, 0.4) is 0 Å². The first-order valence-electron chi connectivity index (χ1n) is 7.73. The van der Waals surface area contributed by atoms with Gasteiger partial charge < -0.3 is 9.47 Å². The number of cyclic esters (lactones) is 1. The molecule has 0 aliphatic carbocycles. The summed E-state index contributed by atoms with van der Waals surface area (Å²) in [6, 6.07) is 17.2. The Morgan fingerprint density at radius 1 is 1.09 bits per heavy atom. The molecule has 0 saturated heterocycles. The Morgan fingerprint density at radius 2 is 1.83 bits per heavy atom. The summed E-state index contributed by atoms with van der Waals surface area (Å²) in [7, 11) is 0. The molecule has 2 aromatic rings. The van der Waals surface area contributed by atoms with Crippen molar-refractivity contribution in [1.82, 2.24) is 0 Å². The molecule has 4 heteroatoms. The lowest BCUT2D eigenvalue weighted by molar-refractivity contribution is -0.154. The Labute approximate surface area is 135 Å². The highest BCUT2D eigenvalue weighted by molar-refractivity contribution is 5.94. The minimum Gasteiger partial charge on any atom is -0.463 e. The maximum absolute atomic E-state index is 12.1. The number of rotatable bonds is 5. The predicted molar refractivity (Wildman–Crippen MR) is 85.1 cm³/mol. The van der Waals surface area contributed by atoms with Crippen molar-refractivity contribution < 1.29 is 19.1 Å². The fraction of sp³-hybridized carbons (Fsp3) is 0.263. The molecule has 0 N–H and O–H groups in total. The second-order valence-corrected chi connectivity index (χ2v) is 5.51. The number of hydrogen-bond donors (Lipinski definition) is 0. The van der Waals surface area contributed by atoms with E-state index in [4.69, 9.17) is 9.47 Å². The molecule has 0 aromatic heterocycles. The van der Waals surface area contributed by atoms with Crippen LogP contribution in [-0.2, 0) is 27.1 Å². The summed E-state index contributed by atoms with van der Waals surface area (Å²) in [6.07, 6.45) is 1.13. The number of fused-ring (bicyclic) bond motifs is 1. The largest absolute Gasteiger partial charge is 0.463 e. The van der Waals surface area contributed by atoms with Gasteiger partial charge in [-0.2, -0.15) is 0 Å².